The first-order valence-corrected chi connectivity index (χ1v) is 24.7. The molecule has 8 rings (SSSR count). The molecule has 2 aliphatic carbocycles. The highest BCUT2D eigenvalue weighted by Gasteiger charge is 2.66. The number of oxime groups is 1. The monoisotopic (exact) mass is 932 g/mol. The van der Waals surface area contributed by atoms with Crippen LogP contribution >= 0.6 is 23.4 Å². The average molecular weight is 934 g/mol. The van der Waals surface area contributed by atoms with Gasteiger partial charge in [-0.15, -0.1) is 29.9 Å². The Morgan fingerprint density at radius 2 is 1.77 bits per heavy atom. The van der Waals surface area contributed by atoms with Crippen molar-refractivity contribution >= 4 is 35.2 Å². The van der Waals surface area contributed by atoms with Crippen molar-refractivity contribution < 1.29 is 53.0 Å². The molecule has 0 radical (unpaired) electrons. The zero-order valence-corrected chi connectivity index (χ0v) is 38.6. The van der Waals surface area contributed by atoms with Crippen molar-refractivity contribution in [2.45, 2.75) is 99.7 Å². The molecule has 0 spiro atoms. The van der Waals surface area contributed by atoms with Crippen molar-refractivity contribution in [3.05, 3.63) is 96.1 Å². The van der Waals surface area contributed by atoms with Gasteiger partial charge in [0.25, 0.3) is 0 Å². The molecule has 3 heterocycles. The normalized spacial score (nSPS) is 25.7. The lowest BCUT2D eigenvalue weighted by atomic mass is 9.55. The quantitative estimate of drug-likeness (QED) is 0.0345. The van der Waals surface area contributed by atoms with Crippen LogP contribution in [0.25, 0.3) is 0 Å². The molecule has 2 N–H and O–H groups in total. The number of unbranched alkanes of at least 4 members (excludes halogenated alkanes) is 2. The topological polar surface area (TPSA) is 147 Å². The molecule has 350 valence electrons. The van der Waals surface area contributed by atoms with Gasteiger partial charge in [0.2, 0.25) is 18.9 Å². The average Bonchev–Trinajstić information content (AvgIpc) is 3.81. The van der Waals surface area contributed by atoms with Gasteiger partial charge in [-0.25, -0.2) is 4.79 Å². The van der Waals surface area contributed by atoms with Crippen LogP contribution in [0.1, 0.15) is 81.3 Å². The minimum Gasteiger partial charge on any atom is -0.459 e. The molecule has 7 atom stereocenters. The molecule has 13 nitrogen and oxygen atoms in total. The number of benzene rings is 3. The highest BCUT2D eigenvalue weighted by atomic mass is 35.5. The van der Waals surface area contributed by atoms with E-state index in [1.165, 1.54) is 0 Å². The lowest BCUT2D eigenvalue weighted by Crippen LogP contribution is -2.70. The Labute approximate surface area is 391 Å². The molecular formula is C50H61ClN2O11S. The van der Waals surface area contributed by atoms with E-state index in [0.29, 0.717) is 60.3 Å². The maximum Gasteiger partial charge on any atom is 0.410 e. The summed E-state index contributed by atoms with van der Waals surface area (Å²) in [5.41, 5.74) is 3.30. The van der Waals surface area contributed by atoms with Gasteiger partial charge in [-0.05, 0) is 122 Å². The van der Waals surface area contributed by atoms with Crippen LogP contribution in [-0.2, 0) is 25.6 Å². The highest BCUT2D eigenvalue weighted by Crippen LogP contribution is 2.62. The Morgan fingerprint density at radius 1 is 0.985 bits per heavy atom. The van der Waals surface area contributed by atoms with E-state index in [0.717, 1.165) is 60.1 Å². The Morgan fingerprint density at radius 3 is 2.52 bits per heavy atom. The number of halogens is 1. The van der Waals surface area contributed by atoms with Gasteiger partial charge in [0.1, 0.15) is 29.9 Å². The number of nitrogens with zero attached hydrogens (tertiary/aromatic N) is 2. The third-order valence-corrected chi connectivity index (χ3v) is 14.0. The zero-order chi connectivity index (χ0) is 45.2. The molecule has 1 saturated heterocycles. The second kappa shape index (κ2) is 22.4. The number of fused-ring (bicyclic) bond motifs is 3. The largest absolute Gasteiger partial charge is 0.459 e. The van der Waals surface area contributed by atoms with E-state index in [2.05, 4.69) is 18.7 Å². The number of ether oxygens (including phenoxy) is 7. The summed E-state index contributed by atoms with van der Waals surface area (Å²) in [4.78, 5) is 23.8. The van der Waals surface area contributed by atoms with Crippen molar-refractivity contribution in [2.75, 3.05) is 52.0 Å². The van der Waals surface area contributed by atoms with Crippen molar-refractivity contribution in [3.63, 3.8) is 0 Å². The first-order valence-electron chi connectivity index (χ1n) is 22.9. The third-order valence-electron chi connectivity index (χ3n) is 13.1. The van der Waals surface area contributed by atoms with E-state index in [9.17, 15) is 15.0 Å². The fourth-order valence-corrected chi connectivity index (χ4v) is 10.6. The summed E-state index contributed by atoms with van der Waals surface area (Å²) < 4.78 is 44.5. The van der Waals surface area contributed by atoms with Crippen LogP contribution in [0.3, 0.4) is 0 Å². The predicted octanol–water partition coefficient (Wildman–Crippen LogP) is 9.97. The number of alkyl halides is 1. The molecule has 2 fully saturated rings. The van der Waals surface area contributed by atoms with E-state index in [1.807, 2.05) is 60.9 Å². The van der Waals surface area contributed by atoms with Gasteiger partial charge >= 0.3 is 6.09 Å². The van der Waals surface area contributed by atoms with E-state index in [4.69, 9.17) is 54.8 Å². The minimum absolute atomic E-state index is 0.0134. The molecule has 0 aromatic heterocycles. The molecule has 7 unspecified atom stereocenters. The molecule has 5 aliphatic rings. The van der Waals surface area contributed by atoms with E-state index >= 15 is 0 Å². The van der Waals surface area contributed by atoms with Crippen molar-refractivity contribution in [1.82, 2.24) is 4.90 Å². The van der Waals surface area contributed by atoms with E-state index < -0.39 is 30.1 Å². The fraction of sp³-hybridized carbons (Fsp3) is 0.520. The first kappa shape index (κ1) is 47.1. The number of carbonyl (C=O) groups is 1. The molecule has 3 aliphatic heterocycles. The van der Waals surface area contributed by atoms with E-state index in [-0.39, 0.29) is 69.8 Å². The van der Waals surface area contributed by atoms with Crippen LogP contribution in [0.5, 0.6) is 28.7 Å². The zero-order valence-electron chi connectivity index (χ0n) is 37.1. The summed E-state index contributed by atoms with van der Waals surface area (Å²) in [7, 11) is 0. The van der Waals surface area contributed by atoms with Crippen molar-refractivity contribution in [3.8, 4) is 28.7 Å². The number of aliphatic hydroxyl groups excluding tert-OH is 2. The molecule has 3 aromatic rings. The van der Waals surface area contributed by atoms with Gasteiger partial charge in [-0.2, -0.15) is 0 Å². The number of allylic oxidation sites excluding steroid dienone is 1. The maximum atomic E-state index is 14.7. The Bertz CT molecular complexity index is 2150. The van der Waals surface area contributed by atoms with Crippen molar-refractivity contribution in [2.24, 2.45) is 22.9 Å². The van der Waals surface area contributed by atoms with Crippen LogP contribution in [0.4, 0.5) is 4.79 Å². The van der Waals surface area contributed by atoms with Crippen LogP contribution < -0.4 is 18.9 Å². The SMILES string of the molecule is C=CCOC12Oc3ccc(Oc4ccc(SC)cc4)cc3C3C(CCCCO)C(CCCCO)C=C(C(=NOC4CCCCO4)CC1N(Cc1ccc4c(c1)OCO4)C(=O)OCCCl)C32. The number of thioether (sulfide) groups is 1. The predicted molar refractivity (Wildman–Crippen MR) is 248 cm³/mol. The van der Waals surface area contributed by atoms with Gasteiger partial charge in [-0.3, -0.25) is 4.90 Å². The van der Waals surface area contributed by atoms with Crippen LogP contribution in [0.2, 0.25) is 0 Å². The molecule has 15 heteroatoms. The molecule has 1 saturated carbocycles. The maximum absolute atomic E-state index is 14.7. The summed E-state index contributed by atoms with van der Waals surface area (Å²) in [6.07, 6.45) is 12.3. The Kier molecular flexibility index (Phi) is 16.2. The summed E-state index contributed by atoms with van der Waals surface area (Å²) in [6.45, 7) is 5.12. The van der Waals surface area contributed by atoms with Crippen LogP contribution in [-0.4, -0.2) is 97.0 Å². The number of aliphatic hydroxyl groups is 2. The molecule has 0 bridgehead atoms. The van der Waals surface area contributed by atoms with Crippen LogP contribution in [0, 0.1) is 17.8 Å². The molecule has 3 aromatic carbocycles. The Balaban J connectivity index is 1.32. The summed E-state index contributed by atoms with van der Waals surface area (Å²) in [6, 6.07) is 18.7. The molecule has 65 heavy (non-hydrogen) atoms. The van der Waals surface area contributed by atoms with Gasteiger partial charge < -0.3 is 48.2 Å². The molecular weight excluding hydrogens is 872 g/mol. The van der Waals surface area contributed by atoms with Gasteiger partial charge in [0.05, 0.1) is 30.7 Å². The minimum atomic E-state index is -1.50. The number of amides is 1. The lowest BCUT2D eigenvalue weighted by Gasteiger charge is -2.59. The molecule has 1 amide bonds. The standard InChI is InChI=1S/C50H61ClN2O11S/c1-3-24-61-50-45(53(49(56)58-26-21-51)31-33-13-19-43-44(27-33)60-32-59-43)30-41(52-64-46-12-6-9-25-57-46)39-28-34(10-4-7-22-54)38(11-5-8-23-55)47(48(39)50)40-29-36(16-20-42(40)63-50)62-35-14-17-37(65-2)18-15-35/h3,13-20,27-29,34,38,45-48,54-55H,1,4-12,21-26,30-32H2,2H3. The lowest BCUT2D eigenvalue weighted by molar-refractivity contribution is -0.256. The summed E-state index contributed by atoms with van der Waals surface area (Å²) in [5.74, 6) is 1.05. The number of hydrogen-bond acceptors (Lipinski definition) is 13. The number of hydrogen-bond donors (Lipinski definition) is 2. The second-order valence-electron chi connectivity index (χ2n) is 17.1. The van der Waals surface area contributed by atoms with Gasteiger partial charge in [0, 0.05) is 49.0 Å². The highest BCUT2D eigenvalue weighted by molar-refractivity contribution is 7.98. The van der Waals surface area contributed by atoms with Crippen LogP contribution in [0.15, 0.2) is 95.0 Å². The van der Waals surface area contributed by atoms with E-state index in [1.54, 1.807) is 22.7 Å². The number of carbonyl (C=O) groups excluding carboxylic acids is 1. The van der Waals surface area contributed by atoms with Gasteiger partial charge in [-0.1, -0.05) is 36.2 Å². The van der Waals surface area contributed by atoms with Crippen molar-refractivity contribution in [1.29, 1.82) is 0 Å². The van der Waals surface area contributed by atoms with Gasteiger partial charge in [0.15, 0.2) is 11.5 Å². The summed E-state index contributed by atoms with van der Waals surface area (Å²) in [5, 5.41) is 25.0. The summed E-state index contributed by atoms with van der Waals surface area (Å²) >= 11 is 7.82. The number of rotatable bonds is 21. The fourth-order valence-electron chi connectivity index (χ4n) is 10.2. The second-order valence-corrected chi connectivity index (χ2v) is 18.3. The third kappa shape index (κ3) is 10.6. The smallest absolute Gasteiger partial charge is 0.410 e. The Hall–Kier alpha value is -4.44. The first-order chi connectivity index (χ1) is 31.9.